The van der Waals surface area contributed by atoms with E-state index in [4.69, 9.17) is 27.9 Å². The van der Waals surface area contributed by atoms with Gasteiger partial charge in [-0.15, -0.1) is 0 Å². The molecule has 3 heterocycles. The minimum atomic E-state index is -4.32. The third-order valence-corrected chi connectivity index (χ3v) is 8.34. The molecule has 1 N–H and O–H groups in total. The molecule has 0 aliphatic carbocycles. The Morgan fingerprint density at radius 1 is 1.14 bits per heavy atom. The van der Waals surface area contributed by atoms with Gasteiger partial charge in [-0.25, -0.2) is 9.71 Å². The summed E-state index contributed by atoms with van der Waals surface area (Å²) in [6.07, 6.45) is 2.53. The second-order valence-electron chi connectivity index (χ2n) is 8.77. The van der Waals surface area contributed by atoms with Crippen LogP contribution in [0.25, 0.3) is 0 Å². The van der Waals surface area contributed by atoms with Gasteiger partial charge in [-0.05, 0) is 56.5 Å². The van der Waals surface area contributed by atoms with Gasteiger partial charge in [0.25, 0.3) is 15.9 Å². The molecule has 0 radical (unpaired) electrons. The van der Waals surface area contributed by atoms with Crippen LogP contribution in [0.2, 0.25) is 10.0 Å². The van der Waals surface area contributed by atoms with E-state index in [9.17, 15) is 13.2 Å². The average molecular weight is 535 g/mol. The molecule has 0 spiro atoms. The first-order chi connectivity index (χ1) is 16.5. The number of halogens is 2. The summed E-state index contributed by atoms with van der Waals surface area (Å²) in [5, 5.41) is 0.0610. The quantitative estimate of drug-likeness (QED) is 0.456. The van der Waals surface area contributed by atoms with Gasteiger partial charge < -0.3 is 9.64 Å². The summed E-state index contributed by atoms with van der Waals surface area (Å²) in [4.78, 5) is 23.6. The van der Waals surface area contributed by atoms with Crippen molar-refractivity contribution in [1.29, 1.82) is 0 Å². The first-order valence-electron chi connectivity index (χ1n) is 10.9. The predicted molar refractivity (Wildman–Crippen MR) is 135 cm³/mol. The first-order valence-corrected chi connectivity index (χ1v) is 13.1. The first kappa shape index (κ1) is 25.2. The van der Waals surface area contributed by atoms with Crippen LogP contribution in [0, 0.1) is 5.92 Å². The number of hydrogen-bond donors (Lipinski definition) is 1. The lowest BCUT2D eigenvalue weighted by Gasteiger charge is -2.36. The van der Waals surface area contributed by atoms with Gasteiger partial charge in [0.15, 0.2) is 5.03 Å². The SMILES string of the molecule is CC1CCN(c2ncccc2C(=O)NS(=O)(=O)c2cccc(Oc3cccc(Cl)c3Cl)n2)C1(C)C. The number of anilines is 1. The van der Waals surface area contributed by atoms with Crippen LogP contribution in [-0.2, 0) is 10.0 Å². The Hall–Kier alpha value is -2.88. The molecule has 3 aromatic rings. The Morgan fingerprint density at radius 2 is 1.89 bits per heavy atom. The zero-order valence-corrected chi connectivity index (χ0v) is 21.7. The summed E-state index contributed by atoms with van der Waals surface area (Å²) in [5.74, 6) is 0.209. The third kappa shape index (κ3) is 5.07. The molecule has 1 atom stereocenters. The number of nitrogens with zero attached hydrogens (tertiary/aromatic N) is 3. The highest BCUT2D eigenvalue weighted by atomic mass is 35.5. The minimum absolute atomic E-state index is 0.0284. The molecule has 0 saturated carbocycles. The number of hydrogen-bond acceptors (Lipinski definition) is 7. The van der Waals surface area contributed by atoms with E-state index in [2.05, 4.69) is 35.5 Å². The van der Waals surface area contributed by atoms with Gasteiger partial charge >= 0.3 is 0 Å². The summed E-state index contributed by atoms with van der Waals surface area (Å²) in [5.41, 5.74) is -0.0757. The fraction of sp³-hybridized carbons (Fsp3) is 0.292. The molecule has 8 nitrogen and oxygen atoms in total. The number of carbonyl (C=O) groups is 1. The van der Waals surface area contributed by atoms with Crippen LogP contribution in [0.3, 0.4) is 0 Å². The van der Waals surface area contributed by atoms with E-state index in [0.717, 1.165) is 6.42 Å². The molecule has 1 aromatic carbocycles. The van der Waals surface area contributed by atoms with Crippen molar-refractivity contribution in [3.63, 3.8) is 0 Å². The highest BCUT2D eigenvalue weighted by Gasteiger charge is 2.40. The van der Waals surface area contributed by atoms with Crippen molar-refractivity contribution in [3.8, 4) is 11.6 Å². The van der Waals surface area contributed by atoms with Crippen molar-refractivity contribution in [2.24, 2.45) is 5.92 Å². The zero-order chi connectivity index (χ0) is 25.4. The highest BCUT2D eigenvalue weighted by Crippen LogP contribution is 2.38. The van der Waals surface area contributed by atoms with E-state index in [0.29, 0.717) is 18.3 Å². The van der Waals surface area contributed by atoms with Crippen molar-refractivity contribution in [2.45, 2.75) is 37.8 Å². The van der Waals surface area contributed by atoms with E-state index >= 15 is 0 Å². The molecule has 2 aromatic heterocycles. The third-order valence-electron chi connectivity index (χ3n) is 6.31. The van der Waals surface area contributed by atoms with Gasteiger partial charge in [0, 0.05) is 24.3 Å². The van der Waals surface area contributed by atoms with Gasteiger partial charge in [0.05, 0.1) is 10.6 Å². The Morgan fingerprint density at radius 3 is 2.60 bits per heavy atom. The fourth-order valence-corrected chi connectivity index (χ4v) is 5.16. The number of benzene rings is 1. The van der Waals surface area contributed by atoms with Crippen LogP contribution in [0.15, 0.2) is 59.8 Å². The second-order valence-corrected chi connectivity index (χ2v) is 11.2. The van der Waals surface area contributed by atoms with Crippen molar-refractivity contribution < 1.29 is 17.9 Å². The van der Waals surface area contributed by atoms with Crippen LogP contribution < -0.4 is 14.4 Å². The number of aromatic nitrogens is 2. The predicted octanol–water partition coefficient (Wildman–Crippen LogP) is 5.32. The fourth-order valence-electron chi connectivity index (χ4n) is 3.91. The van der Waals surface area contributed by atoms with E-state index in [1.807, 2.05) is 4.90 Å². The van der Waals surface area contributed by atoms with Crippen molar-refractivity contribution in [2.75, 3.05) is 11.4 Å². The normalized spacial score (nSPS) is 17.3. The molecule has 1 fully saturated rings. The monoisotopic (exact) mass is 534 g/mol. The molecule has 184 valence electrons. The van der Waals surface area contributed by atoms with Crippen LogP contribution >= 0.6 is 23.2 Å². The average Bonchev–Trinajstić information content (AvgIpc) is 3.09. The number of ether oxygens (including phenoxy) is 1. The van der Waals surface area contributed by atoms with Crippen LogP contribution in [0.4, 0.5) is 5.82 Å². The molecule has 35 heavy (non-hydrogen) atoms. The Bertz CT molecular complexity index is 1380. The van der Waals surface area contributed by atoms with Gasteiger partial charge in [0.2, 0.25) is 5.88 Å². The maximum atomic E-state index is 13.1. The lowest BCUT2D eigenvalue weighted by atomic mass is 9.90. The molecule has 4 rings (SSSR count). The van der Waals surface area contributed by atoms with E-state index in [1.54, 1.807) is 36.5 Å². The van der Waals surface area contributed by atoms with E-state index in [1.165, 1.54) is 18.2 Å². The molecule has 1 aliphatic heterocycles. The summed E-state index contributed by atoms with van der Waals surface area (Å²) in [7, 11) is -4.32. The molecule has 1 saturated heterocycles. The standard InChI is InChI=1S/C24H24Cl2N4O4S/c1-15-12-14-30(24(15,2)3)22-16(7-6-13-27-22)23(31)29-35(32,33)20-11-5-10-19(28-20)34-18-9-4-8-17(25)21(18)26/h4-11,13,15H,12,14H2,1-3H3,(H,29,31). The van der Waals surface area contributed by atoms with E-state index < -0.39 is 15.9 Å². The molecular formula is C24H24Cl2N4O4S. The molecular weight excluding hydrogens is 511 g/mol. The number of carbonyl (C=O) groups excluding carboxylic acids is 1. The van der Waals surface area contributed by atoms with Gasteiger partial charge in [0.1, 0.15) is 16.6 Å². The molecule has 1 aliphatic rings. The van der Waals surface area contributed by atoms with Crippen molar-refractivity contribution >= 4 is 45.0 Å². The Balaban J connectivity index is 1.59. The summed E-state index contributed by atoms with van der Waals surface area (Å²) in [6, 6.07) is 12.1. The summed E-state index contributed by atoms with van der Waals surface area (Å²) in [6.45, 7) is 7.02. The minimum Gasteiger partial charge on any atom is -0.437 e. The molecule has 1 unspecified atom stereocenters. The van der Waals surface area contributed by atoms with Crippen LogP contribution in [0.1, 0.15) is 37.6 Å². The summed E-state index contributed by atoms with van der Waals surface area (Å²) < 4.78 is 33.8. The second kappa shape index (κ2) is 9.64. The molecule has 0 bridgehead atoms. The highest BCUT2D eigenvalue weighted by molar-refractivity contribution is 7.90. The number of amides is 1. The van der Waals surface area contributed by atoms with Crippen molar-refractivity contribution in [1.82, 2.24) is 14.7 Å². The topological polar surface area (TPSA) is 101 Å². The molecule has 1 amide bonds. The maximum absolute atomic E-state index is 13.1. The Kier molecular flexibility index (Phi) is 6.95. The van der Waals surface area contributed by atoms with Gasteiger partial charge in [-0.2, -0.15) is 13.4 Å². The van der Waals surface area contributed by atoms with E-state index in [-0.39, 0.29) is 37.8 Å². The Labute approximate surface area is 214 Å². The van der Waals surface area contributed by atoms with Gasteiger partial charge in [-0.1, -0.05) is 42.3 Å². The lowest BCUT2D eigenvalue weighted by Crippen LogP contribution is -2.43. The largest absolute Gasteiger partial charge is 0.437 e. The van der Waals surface area contributed by atoms with Crippen molar-refractivity contribution in [3.05, 3.63) is 70.3 Å². The lowest BCUT2D eigenvalue weighted by molar-refractivity contribution is 0.0981. The number of pyridine rings is 2. The number of nitrogens with one attached hydrogen (secondary N) is 1. The zero-order valence-electron chi connectivity index (χ0n) is 19.3. The summed E-state index contributed by atoms with van der Waals surface area (Å²) >= 11 is 12.1. The molecule has 11 heteroatoms. The van der Waals surface area contributed by atoms with Gasteiger partial charge in [-0.3, -0.25) is 4.79 Å². The smallest absolute Gasteiger partial charge is 0.281 e. The van der Waals surface area contributed by atoms with Crippen LogP contribution in [0.5, 0.6) is 11.6 Å². The number of rotatable bonds is 6. The maximum Gasteiger partial charge on any atom is 0.281 e. The van der Waals surface area contributed by atoms with Crippen LogP contribution in [-0.4, -0.2) is 36.4 Å². The number of sulfonamides is 1.